The Morgan fingerprint density at radius 3 is 2.62 bits per heavy atom. The number of carbonyl (C=O) groups is 1. The summed E-state index contributed by atoms with van der Waals surface area (Å²) in [7, 11) is 0. The zero-order chi connectivity index (χ0) is 16.3. The number of rotatable bonds is 4. The van der Waals surface area contributed by atoms with Crippen LogP contribution >= 0.6 is 12.4 Å². The topological polar surface area (TPSA) is 55.1 Å². The number of benzene rings is 1. The average Bonchev–Trinajstić information content (AvgIpc) is 3.00. The molecule has 0 heterocycles. The first-order valence-electron chi connectivity index (χ1n) is 8.88. The molecule has 5 heteroatoms. The zero-order valence-corrected chi connectivity index (χ0v) is 14.9. The van der Waals surface area contributed by atoms with E-state index in [2.05, 4.69) is 5.32 Å². The van der Waals surface area contributed by atoms with E-state index in [1.807, 2.05) is 6.07 Å². The van der Waals surface area contributed by atoms with E-state index in [1.165, 1.54) is 12.5 Å². The lowest BCUT2D eigenvalue weighted by Gasteiger charge is -2.38. The first-order chi connectivity index (χ1) is 11.1. The molecule has 134 valence electrons. The van der Waals surface area contributed by atoms with Crippen LogP contribution < -0.4 is 11.1 Å². The van der Waals surface area contributed by atoms with Gasteiger partial charge in [0.1, 0.15) is 5.82 Å². The van der Waals surface area contributed by atoms with Crippen LogP contribution in [0.5, 0.6) is 0 Å². The molecule has 0 spiro atoms. The van der Waals surface area contributed by atoms with Gasteiger partial charge in [-0.15, -0.1) is 12.4 Å². The second-order valence-electron chi connectivity index (χ2n) is 7.34. The maximum absolute atomic E-state index is 13.7. The molecule has 0 aliphatic heterocycles. The van der Waals surface area contributed by atoms with E-state index in [1.54, 1.807) is 12.1 Å². The van der Waals surface area contributed by atoms with Crippen molar-refractivity contribution in [2.75, 3.05) is 6.54 Å². The van der Waals surface area contributed by atoms with Crippen molar-refractivity contribution in [3.8, 4) is 0 Å². The van der Waals surface area contributed by atoms with Gasteiger partial charge in [0, 0.05) is 23.9 Å². The lowest BCUT2D eigenvalue weighted by Crippen LogP contribution is -2.44. The molecule has 1 amide bonds. The van der Waals surface area contributed by atoms with Crippen molar-refractivity contribution in [3.05, 3.63) is 35.6 Å². The van der Waals surface area contributed by atoms with E-state index in [4.69, 9.17) is 5.73 Å². The molecule has 24 heavy (non-hydrogen) atoms. The Morgan fingerprint density at radius 2 is 2.00 bits per heavy atom. The Kier molecular flexibility index (Phi) is 6.64. The van der Waals surface area contributed by atoms with E-state index >= 15 is 0 Å². The highest BCUT2D eigenvalue weighted by Crippen LogP contribution is 2.39. The molecule has 0 aromatic heterocycles. The van der Waals surface area contributed by atoms with Crippen molar-refractivity contribution < 1.29 is 9.18 Å². The number of nitrogens with two attached hydrogens (primary N) is 1. The summed E-state index contributed by atoms with van der Waals surface area (Å²) < 4.78 is 13.7. The van der Waals surface area contributed by atoms with Gasteiger partial charge in [-0.05, 0) is 49.8 Å². The van der Waals surface area contributed by atoms with E-state index in [9.17, 15) is 9.18 Å². The fraction of sp³-hybridized carbons (Fsp3) is 0.632. The highest BCUT2D eigenvalue weighted by atomic mass is 35.5. The molecule has 3 nitrogen and oxygen atoms in total. The summed E-state index contributed by atoms with van der Waals surface area (Å²) in [5.41, 5.74) is 6.83. The van der Waals surface area contributed by atoms with Crippen LogP contribution in [0.15, 0.2) is 24.3 Å². The monoisotopic (exact) mass is 354 g/mol. The summed E-state index contributed by atoms with van der Waals surface area (Å²) in [4.78, 5) is 12.4. The van der Waals surface area contributed by atoms with Crippen LogP contribution in [0.1, 0.15) is 56.9 Å². The third-order valence-corrected chi connectivity index (χ3v) is 5.69. The molecule has 2 saturated carbocycles. The molecule has 3 rings (SSSR count). The van der Waals surface area contributed by atoms with Crippen molar-refractivity contribution in [2.45, 2.75) is 62.8 Å². The fourth-order valence-corrected chi connectivity index (χ4v) is 4.27. The molecular formula is C19H28ClFN2O. The third kappa shape index (κ3) is 4.28. The van der Waals surface area contributed by atoms with Gasteiger partial charge < -0.3 is 11.1 Å². The van der Waals surface area contributed by atoms with Crippen LogP contribution in [-0.4, -0.2) is 18.5 Å². The van der Waals surface area contributed by atoms with Gasteiger partial charge in [0.2, 0.25) is 5.91 Å². The van der Waals surface area contributed by atoms with Gasteiger partial charge in [-0.1, -0.05) is 31.4 Å². The van der Waals surface area contributed by atoms with Gasteiger partial charge in [-0.3, -0.25) is 4.79 Å². The molecule has 1 aromatic carbocycles. The largest absolute Gasteiger partial charge is 0.355 e. The average molecular weight is 355 g/mol. The molecule has 2 unspecified atom stereocenters. The number of amides is 1. The minimum atomic E-state index is -0.194. The molecule has 2 aliphatic rings. The number of carbonyl (C=O) groups excluding carboxylic acids is 1. The van der Waals surface area contributed by atoms with Crippen molar-refractivity contribution in [2.24, 2.45) is 11.7 Å². The summed E-state index contributed by atoms with van der Waals surface area (Å²) in [6, 6.07) is 7.07. The summed E-state index contributed by atoms with van der Waals surface area (Å²) in [6.07, 6.45) is 8.15. The lowest BCUT2D eigenvalue weighted by molar-refractivity contribution is -0.125. The number of nitrogens with one attached hydrogen (secondary N) is 1. The highest BCUT2D eigenvalue weighted by molar-refractivity contribution is 5.85. The highest BCUT2D eigenvalue weighted by Gasteiger charge is 2.36. The second-order valence-corrected chi connectivity index (χ2v) is 7.34. The summed E-state index contributed by atoms with van der Waals surface area (Å²) in [5, 5.41) is 3.16. The molecule has 0 radical (unpaired) electrons. The second kappa shape index (κ2) is 8.30. The smallest absolute Gasteiger partial charge is 0.223 e. The lowest BCUT2D eigenvalue weighted by atomic mass is 9.69. The van der Waals surface area contributed by atoms with Crippen molar-refractivity contribution in [1.29, 1.82) is 0 Å². The van der Waals surface area contributed by atoms with Crippen molar-refractivity contribution in [1.82, 2.24) is 5.32 Å². The minimum Gasteiger partial charge on any atom is -0.355 e. The van der Waals surface area contributed by atoms with Crippen LogP contribution in [-0.2, 0) is 10.2 Å². The third-order valence-electron chi connectivity index (χ3n) is 5.69. The van der Waals surface area contributed by atoms with Crippen LogP contribution in [0.25, 0.3) is 0 Å². The van der Waals surface area contributed by atoms with Crippen LogP contribution in [0.3, 0.4) is 0 Å². The van der Waals surface area contributed by atoms with Gasteiger partial charge in [0.25, 0.3) is 0 Å². The summed E-state index contributed by atoms with van der Waals surface area (Å²) in [6.45, 7) is 0.612. The van der Waals surface area contributed by atoms with E-state index in [0.717, 1.165) is 50.5 Å². The normalized spacial score (nSPS) is 25.8. The number of hydrogen-bond donors (Lipinski definition) is 2. The molecule has 3 N–H and O–H groups in total. The van der Waals surface area contributed by atoms with Crippen molar-refractivity contribution >= 4 is 18.3 Å². The maximum atomic E-state index is 13.7. The Bertz CT molecular complexity index is 560. The zero-order valence-electron chi connectivity index (χ0n) is 14.1. The Labute approximate surface area is 150 Å². The molecule has 0 bridgehead atoms. The van der Waals surface area contributed by atoms with E-state index in [-0.39, 0.29) is 41.5 Å². The Balaban J connectivity index is 0.00000208. The van der Waals surface area contributed by atoms with Crippen molar-refractivity contribution in [3.63, 3.8) is 0 Å². The minimum absolute atomic E-state index is 0. The van der Waals surface area contributed by atoms with Gasteiger partial charge in [-0.25, -0.2) is 4.39 Å². The van der Waals surface area contributed by atoms with Crippen LogP contribution in [0, 0.1) is 11.7 Å². The maximum Gasteiger partial charge on any atom is 0.223 e. The predicted octanol–water partition coefficient (Wildman–Crippen LogP) is 3.69. The quantitative estimate of drug-likeness (QED) is 0.866. The molecule has 0 saturated heterocycles. The molecule has 2 aliphatic carbocycles. The van der Waals surface area contributed by atoms with E-state index < -0.39 is 0 Å². The first kappa shape index (κ1) is 19.2. The first-order valence-corrected chi connectivity index (χ1v) is 8.88. The summed E-state index contributed by atoms with van der Waals surface area (Å²) in [5.74, 6) is -0.0157. The number of halogens is 2. The van der Waals surface area contributed by atoms with Gasteiger partial charge >= 0.3 is 0 Å². The molecular weight excluding hydrogens is 327 g/mol. The molecule has 1 aromatic rings. The number of hydrogen-bond acceptors (Lipinski definition) is 2. The fourth-order valence-electron chi connectivity index (χ4n) is 4.27. The Hall–Kier alpha value is -1.13. The summed E-state index contributed by atoms with van der Waals surface area (Å²) >= 11 is 0. The van der Waals surface area contributed by atoms with Gasteiger partial charge in [0.15, 0.2) is 0 Å². The van der Waals surface area contributed by atoms with Gasteiger partial charge in [0.05, 0.1) is 0 Å². The molecule has 2 fully saturated rings. The molecule has 2 atom stereocenters. The SMILES string of the molecule is Cl.NC1CCC(C(=O)NCC2(c3cccc(F)c3)CCCCC2)C1. The standard InChI is InChI=1S/C19H27FN2O.ClH/c20-16-6-4-5-15(12-16)19(9-2-1-3-10-19)13-22-18(23)14-7-8-17(21)11-14;/h4-6,12,14,17H,1-3,7-11,13,21H2,(H,22,23);1H. The predicted molar refractivity (Wildman–Crippen MR) is 96.7 cm³/mol. The Morgan fingerprint density at radius 1 is 1.25 bits per heavy atom. The van der Waals surface area contributed by atoms with Crippen LogP contribution in [0.2, 0.25) is 0 Å². The van der Waals surface area contributed by atoms with E-state index in [0.29, 0.717) is 6.54 Å². The van der Waals surface area contributed by atoms with Crippen LogP contribution in [0.4, 0.5) is 4.39 Å². The van der Waals surface area contributed by atoms with Gasteiger partial charge in [-0.2, -0.15) is 0 Å².